The van der Waals surface area contributed by atoms with Gasteiger partial charge in [-0.25, -0.2) is 0 Å². The molecule has 84 valence electrons. The van der Waals surface area contributed by atoms with Gasteiger partial charge in [0.15, 0.2) is 0 Å². The van der Waals surface area contributed by atoms with Crippen LogP contribution in [0.1, 0.15) is 32.2 Å². The molecule has 0 unspecified atom stereocenters. The second kappa shape index (κ2) is 5.24. The first-order chi connectivity index (χ1) is 7.01. The molecule has 1 N–H and O–H groups in total. The SMILES string of the molecule is CNCc1cccc(COC(C)(C)C)n1. The number of rotatable bonds is 4. The number of nitrogens with one attached hydrogen (secondary N) is 1. The van der Waals surface area contributed by atoms with E-state index < -0.39 is 0 Å². The Labute approximate surface area is 91.9 Å². The second-order valence-electron chi connectivity index (χ2n) is 4.55. The molecule has 1 rings (SSSR count). The van der Waals surface area contributed by atoms with E-state index in [4.69, 9.17) is 4.74 Å². The molecule has 0 aliphatic heterocycles. The van der Waals surface area contributed by atoms with E-state index in [1.165, 1.54) is 0 Å². The van der Waals surface area contributed by atoms with Crippen LogP contribution in [0.3, 0.4) is 0 Å². The minimum absolute atomic E-state index is 0.110. The van der Waals surface area contributed by atoms with Gasteiger partial charge in [0.25, 0.3) is 0 Å². The van der Waals surface area contributed by atoms with E-state index in [0.29, 0.717) is 6.61 Å². The van der Waals surface area contributed by atoms with E-state index in [2.05, 4.69) is 10.3 Å². The molecular formula is C12H20N2O. The monoisotopic (exact) mass is 208 g/mol. The Kier molecular flexibility index (Phi) is 4.24. The summed E-state index contributed by atoms with van der Waals surface area (Å²) in [5.74, 6) is 0. The summed E-state index contributed by atoms with van der Waals surface area (Å²) in [5, 5.41) is 3.08. The Hall–Kier alpha value is -0.930. The second-order valence-corrected chi connectivity index (χ2v) is 4.55. The summed E-state index contributed by atoms with van der Waals surface area (Å²) in [4.78, 5) is 4.48. The zero-order valence-corrected chi connectivity index (χ0v) is 10.0. The van der Waals surface area contributed by atoms with Gasteiger partial charge in [0.1, 0.15) is 0 Å². The first-order valence-electron chi connectivity index (χ1n) is 5.24. The van der Waals surface area contributed by atoms with Crippen LogP contribution in [0.25, 0.3) is 0 Å². The fraction of sp³-hybridized carbons (Fsp3) is 0.583. The number of hydrogen-bond acceptors (Lipinski definition) is 3. The van der Waals surface area contributed by atoms with Crippen molar-refractivity contribution in [3.8, 4) is 0 Å². The van der Waals surface area contributed by atoms with Gasteiger partial charge < -0.3 is 10.1 Å². The standard InChI is InChI=1S/C12H20N2O/c1-12(2,3)15-9-11-7-5-6-10(14-11)8-13-4/h5-7,13H,8-9H2,1-4H3. The molecule has 1 aromatic rings. The van der Waals surface area contributed by atoms with E-state index in [1.807, 2.05) is 46.0 Å². The highest BCUT2D eigenvalue weighted by molar-refractivity contribution is 5.10. The average molecular weight is 208 g/mol. The number of aromatic nitrogens is 1. The molecule has 0 saturated heterocycles. The molecule has 0 aromatic carbocycles. The maximum absolute atomic E-state index is 5.67. The normalized spacial score (nSPS) is 11.7. The maximum Gasteiger partial charge on any atom is 0.0895 e. The summed E-state index contributed by atoms with van der Waals surface area (Å²) < 4.78 is 5.67. The number of ether oxygens (including phenoxy) is 1. The molecule has 0 atom stereocenters. The summed E-state index contributed by atoms with van der Waals surface area (Å²) in [7, 11) is 1.92. The van der Waals surface area contributed by atoms with Gasteiger partial charge in [-0.05, 0) is 40.0 Å². The molecule has 0 aliphatic carbocycles. The van der Waals surface area contributed by atoms with Gasteiger partial charge in [-0.3, -0.25) is 4.98 Å². The van der Waals surface area contributed by atoms with Gasteiger partial charge in [0.05, 0.1) is 23.6 Å². The van der Waals surface area contributed by atoms with Crippen LogP contribution < -0.4 is 5.32 Å². The van der Waals surface area contributed by atoms with Crippen LogP contribution >= 0.6 is 0 Å². The molecule has 0 fully saturated rings. The van der Waals surface area contributed by atoms with Crippen LogP contribution in [0.5, 0.6) is 0 Å². The summed E-state index contributed by atoms with van der Waals surface area (Å²) >= 11 is 0. The molecule has 0 aliphatic rings. The van der Waals surface area contributed by atoms with Crippen LogP contribution in [-0.4, -0.2) is 17.6 Å². The van der Waals surface area contributed by atoms with Gasteiger partial charge in [-0.1, -0.05) is 6.07 Å². The molecule has 1 heterocycles. The third-order valence-electron chi connectivity index (χ3n) is 1.88. The Morgan fingerprint density at radius 3 is 2.53 bits per heavy atom. The lowest BCUT2D eigenvalue weighted by atomic mass is 10.2. The Balaban J connectivity index is 2.57. The summed E-state index contributed by atoms with van der Waals surface area (Å²) in [6.45, 7) is 7.50. The minimum Gasteiger partial charge on any atom is -0.370 e. The van der Waals surface area contributed by atoms with Crippen LogP contribution in [0.4, 0.5) is 0 Å². The third kappa shape index (κ3) is 4.91. The third-order valence-corrected chi connectivity index (χ3v) is 1.88. The van der Waals surface area contributed by atoms with Crippen molar-refractivity contribution < 1.29 is 4.74 Å². The van der Waals surface area contributed by atoms with Crippen molar-refractivity contribution in [3.63, 3.8) is 0 Å². The highest BCUT2D eigenvalue weighted by atomic mass is 16.5. The Bertz CT molecular complexity index is 305. The fourth-order valence-electron chi connectivity index (χ4n) is 1.18. The first-order valence-corrected chi connectivity index (χ1v) is 5.24. The number of nitrogens with zero attached hydrogens (tertiary/aromatic N) is 1. The molecule has 3 nitrogen and oxygen atoms in total. The topological polar surface area (TPSA) is 34.1 Å². The van der Waals surface area contributed by atoms with Crippen molar-refractivity contribution in [2.45, 2.75) is 39.5 Å². The Morgan fingerprint density at radius 2 is 1.93 bits per heavy atom. The average Bonchev–Trinajstić information content (AvgIpc) is 2.15. The molecule has 0 amide bonds. The van der Waals surface area contributed by atoms with Gasteiger partial charge in [0.2, 0.25) is 0 Å². The van der Waals surface area contributed by atoms with Crippen LogP contribution in [0.2, 0.25) is 0 Å². The van der Waals surface area contributed by atoms with Crippen molar-refractivity contribution in [2.75, 3.05) is 7.05 Å². The summed E-state index contributed by atoms with van der Waals surface area (Å²) in [6, 6.07) is 6.02. The zero-order valence-electron chi connectivity index (χ0n) is 10.0. The number of hydrogen-bond donors (Lipinski definition) is 1. The largest absolute Gasteiger partial charge is 0.370 e. The molecule has 1 aromatic heterocycles. The van der Waals surface area contributed by atoms with Crippen molar-refractivity contribution in [2.24, 2.45) is 0 Å². The molecule has 15 heavy (non-hydrogen) atoms. The Morgan fingerprint density at radius 1 is 1.27 bits per heavy atom. The lowest BCUT2D eigenvalue weighted by Gasteiger charge is -2.19. The van der Waals surface area contributed by atoms with E-state index in [1.54, 1.807) is 0 Å². The van der Waals surface area contributed by atoms with Crippen molar-refractivity contribution in [3.05, 3.63) is 29.6 Å². The van der Waals surface area contributed by atoms with Crippen molar-refractivity contribution in [1.82, 2.24) is 10.3 Å². The van der Waals surface area contributed by atoms with Gasteiger partial charge in [0, 0.05) is 6.54 Å². The van der Waals surface area contributed by atoms with Crippen molar-refractivity contribution >= 4 is 0 Å². The predicted octanol–water partition coefficient (Wildman–Crippen LogP) is 2.12. The van der Waals surface area contributed by atoms with Gasteiger partial charge >= 0.3 is 0 Å². The van der Waals surface area contributed by atoms with E-state index >= 15 is 0 Å². The maximum atomic E-state index is 5.67. The molecule has 0 radical (unpaired) electrons. The lowest BCUT2D eigenvalue weighted by Crippen LogP contribution is -2.19. The minimum atomic E-state index is -0.110. The smallest absolute Gasteiger partial charge is 0.0895 e. The number of pyridine rings is 1. The molecule has 0 saturated carbocycles. The zero-order chi connectivity index (χ0) is 11.3. The van der Waals surface area contributed by atoms with Crippen molar-refractivity contribution in [1.29, 1.82) is 0 Å². The van der Waals surface area contributed by atoms with Crippen LogP contribution in [0.15, 0.2) is 18.2 Å². The van der Waals surface area contributed by atoms with E-state index in [-0.39, 0.29) is 5.60 Å². The fourth-order valence-corrected chi connectivity index (χ4v) is 1.18. The highest BCUT2D eigenvalue weighted by Gasteiger charge is 2.10. The van der Waals surface area contributed by atoms with E-state index in [9.17, 15) is 0 Å². The molecule has 3 heteroatoms. The van der Waals surface area contributed by atoms with Gasteiger partial charge in [-0.2, -0.15) is 0 Å². The predicted molar refractivity (Wildman–Crippen MR) is 61.5 cm³/mol. The van der Waals surface area contributed by atoms with E-state index in [0.717, 1.165) is 17.9 Å². The first kappa shape index (κ1) is 12.1. The molecule has 0 spiro atoms. The van der Waals surface area contributed by atoms with Gasteiger partial charge in [-0.15, -0.1) is 0 Å². The highest BCUT2D eigenvalue weighted by Crippen LogP contribution is 2.10. The quantitative estimate of drug-likeness (QED) is 0.823. The summed E-state index contributed by atoms with van der Waals surface area (Å²) in [6.07, 6.45) is 0. The molecule has 0 bridgehead atoms. The lowest BCUT2D eigenvalue weighted by molar-refractivity contribution is -0.0165. The molecular weight excluding hydrogens is 188 g/mol. The van der Waals surface area contributed by atoms with Crippen LogP contribution in [-0.2, 0) is 17.9 Å². The van der Waals surface area contributed by atoms with Crippen LogP contribution in [0, 0.1) is 0 Å². The summed E-state index contributed by atoms with van der Waals surface area (Å²) in [5.41, 5.74) is 1.92.